The standard InChI is InChI=1S/C27H27FN4O/c1-31(22-11-12-30-16-22)25-14-23(20-9-10-21(15-29)24(28)13-20)26(32(2)27(25)33)19-7-5-18(6-8-19)17-3-4-17/h5-10,13-14,17,22,30H,3-4,11-12,16H2,1-2H3/t22-/m0/s1. The van der Waals surface area contributed by atoms with Crippen molar-refractivity contribution in [2.24, 2.45) is 7.05 Å². The van der Waals surface area contributed by atoms with Gasteiger partial charge in [-0.3, -0.25) is 4.79 Å². The molecule has 1 aliphatic heterocycles. The average molecular weight is 443 g/mol. The zero-order valence-corrected chi connectivity index (χ0v) is 18.9. The molecule has 1 aliphatic carbocycles. The zero-order valence-electron chi connectivity index (χ0n) is 18.9. The number of pyridine rings is 1. The minimum Gasteiger partial charge on any atom is -0.366 e. The number of anilines is 1. The number of benzene rings is 2. The Kier molecular flexibility index (Phi) is 5.51. The van der Waals surface area contributed by atoms with Crippen molar-refractivity contribution in [1.29, 1.82) is 5.26 Å². The highest BCUT2D eigenvalue weighted by molar-refractivity contribution is 5.84. The van der Waals surface area contributed by atoms with Crippen molar-refractivity contribution < 1.29 is 4.39 Å². The van der Waals surface area contributed by atoms with Gasteiger partial charge < -0.3 is 14.8 Å². The largest absolute Gasteiger partial charge is 0.366 e. The highest BCUT2D eigenvalue weighted by atomic mass is 19.1. The predicted molar refractivity (Wildman–Crippen MR) is 129 cm³/mol. The summed E-state index contributed by atoms with van der Waals surface area (Å²) >= 11 is 0. The second-order valence-electron chi connectivity index (χ2n) is 9.12. The number of nitrogens with one attached hydrogen (secondary N) is 1. The van der Waals surface area contributed by atoms with E-state index in [1.807, 2.05) is 24.1 Å². The fraction of sp³-hybridized carbons (Fsp3) is 0.333. The van der Waals surface area contributed by atoms with Gasteiger partial charge in [0, 0.05) is 32.2 Å². The lowest BCUT2D eigenvalue weighted by Crippen LogP contribution is -2.38. The highest BCUT2D eigenvalue weighted by Gasteiger charge is 2.26. The lowest BCUT2D eigenvalue weighted by molar-refractivity contribution is 0.624. The monoisotopic (exact) mass is 442 g/mol. The third-order valence-electron chi connectivity index (χ3n) is 6.99. The van der Waals surface area contributed by atoms with Gasteiger partial charge in [-0.15, -0.1) is 0 Å². The average Bonchev–Trinajstić information content (AvgIpc) is 3.53. The summed E-state index contributed by atoms with van der Waals surface area (Å²) in [6.45, 7) is 1.75. The topological polar surface area (TPSA) is 61.1 Å². The molecule has 2 aliphatic rings. The van der Waals surface area contributed by atoms with Crippen molar-refractivity contribution in [3.8, 4) is 28.5 Å². The number of hydrogen-bond acceptors (Lipinski definition) is 4. The molecule has 3 aromatic rings. The van der Waals surface area contributed by atoms with Crippen LogP contribution < -0.4 is 15.8 Å². The number of hydrogen-bond donors (Lipinski definition) is 1. The van der Waals surface area contributed by atoms with Gasteiger partial charge in [-0.05, 0) is 66.6 Å². The SMILES string of the molecule is CN(c1cc(-c2ccc(C#N)c(F)c2)c(-c2ccc(C3CC3)cc2)n(C)c1=O)[C@H]1CCNC1. The van der Waals surface area contributed by atoms with Gasteiger partial charge in [-0.25, -0.2) is 4.39 Å². The Bertz CT molecular complexity index is 1300. The molecule has 0 radical (unpaired) electrons. The number of likely N-dealkylation sites (N-methyl/N-ethyl adjacent to an activating group) is 1. The maximum Gasteiger partial charge on any atom is 0.274 e. The van der Waals surface area contributed by atoms with Crippen LogP contribution in [0.15, 0.2) is 53.3 Å². The molecule has 2 fully saturated rings. The van der Waals surface area contributed by atoms with E-state index in [-0.39, 0.29) is 17.2 Å². The molecular weight excluding hydrogens is 415 g/mol. The summed E-state index contributed by atoms with van der Waals surface area (Å²) in [5.41, 5.74) is 4.90. The molecule has 0 spiro atoms. The van der Waals surface area contributed by atoms with Crippen LogP contribution in [0.2, 0.25) is 0 Å². The van der Waals surface area contributed by atoms with Gasteiger partial charge in [0.1, 0.15) is 17.6 Å². The summed E-state index contributed by atoms with van der Waals surface area (Å²) in [5, 5.41) is 12.5. The molecule has 1 N–H and O–H groups in total. The van der Waals surface area contributed by atoms with E-state index in [0.717, 1.165) is 36.3 Å². The molecule has 168 valence electrons. The van der Waals surface area contributed by atoms with Crippen molar-refractivity contribution in [3.63, 3.8) is 0 Å². The fourth-order valence-electron chi connectivity index (χ4n) is 4.81. The van der Waals surface area contributed by atoms with Crippen LogP contribution >= 0.6 is 0 Å². The Hall–Kier alpha value is -3.43. The number of rotatable bonds is 5. The van der Waals surface area contributed by atoms with Gasteiger partial charge in [0.2, 0.25) is 0 Å². The molecule has 5 rings (SSSR count). The van der Waals surface area contributed by atoms with Crippen LogP contribution in [0.1, 0.15) is 36.3 Å². The summed E-state index contributed by atoms with van der Waals surface area (Å²) in [7, 11) is 3.72. The summed E-state index contributed by atoms with van der Waals surface area (Å²) in [4.78, 5) is 15.5. The minimum absolute atomic E-state index is 0.00766. The second kappa shape index (κ2) is 8.49. The van der Waals surface area contributed by atoms with Crippen LogP contribution in [0, 0.1) is 17.1 Å². The molecule has 0 unspecified atom stereocenters. The van der Waals surface area contributed by atoms with E-state index in [0.29, 0.717) is 17.2 Å². The van der Waals surface area contributed by atoms with Crippen molar-refractivity contribution in [2.45, 2.75) is 31.2 Å². The van der Waals surface area contributed by atoms with Crippen LogP contribution in [-0.2, 0) is 7.05 Å². The first kappa shape index (κ1) is 21.4. The summed E-state index contributed by atoms with van der Waals surface area (Å²) in [5.74, 6) is 0.0831. The summed E-state index contributed by atoms with van der Waals surface area (Å²) in [6.07, 6.45) is 3.42. The van der Waals surface area contributed by atoms with Gasteiger partial charge in [0.15, 0.2) is 0 Å². The molecule has 33 heavy (non-hydrogen) atoms. The Morgan fingerprint density at radius 3 is 2.42 bits per heavy atom. The molecule has 1 saturated heterocycles. The lowest BCUT2D eigenvalue weighted by Gasteiger charge is -2.27. The Balaban J connectivity index is 1.69. The van der Waals surface area contributed by atoms with Crippen LogP contribution in [-0.4, -0.2) is 30.7 Å². The maximum atomic E-state index is 14.6. The lowest BCUT2D eigenvalue weighted by atomic mass is 9.96. The first-order chi connectivity index (χ1) is 16.0. The maximum absolute atomic E-state index is 14.6. The number of nitrogens with zero attached hydrogens (tertiary/aromatic N) is 3. The van der Waals surface area contributed by atoms with Gasteiger partial charge in [-0.2, -0.15) is 5.26 Å². The molecular formula is C27H27FN4O. The number of aromatic nitrogens is 1. The normalized spacial score (nSPS) is 17.7. The second-order valence-corrected chi connectivity index (χ2v) is 9.12. The van der Waals surface area contributed by atoms with Gasteiger partial charge in [0.25, 0.3) is 5.56 Å². The quantitative estimate of drug-likeness (QED) is 0.636. The van der Waals surface area contributed by atoms with Crippen LogP contribution in [0.5, 0.6) is 0 Å². The first-order valence-corrected chi connectivity index (χ1v) is 11.5. The molecule has 1 saturated carbocycles. The third-order valence-corrected chi connectivity index (χ3v) is 6.99. The van der Waals surface area contributed by atoms with Crippen molar-refractivity contribution in [2.75, 3.05) is 25.0 Å². The molecule has 1 atom stereocenters. The van der Waals surface area contributed by atoms with E-state index >= 15 is 0 Å². The van der Waals surface area contributed by atoms with E-state index < -0.39 is 5.82 Å². The number of nitriles is 1. The van der Waals surface area contributed by atoms with Crippen molar-refractivity contribution >= 4 is 5.69 Å². The highest BCUT2D eigenvalue weighted by Crippen LogP contribution is 2.41. The fourth-order valence-corrected chi connectivity index (χ4v) is 4.81. The Morgan fingerprint density at radius 1 is 1.09 bits per heavy atom. The predicted octanol–water partition coefficient (Wildman–Crippen LogP) is 4.41. The van der Waals surface area contributed by atoms with E-state index in [1.54, 1.807) is 17.7 Å². The zero-order chi connectivity index (χ0) is 23.1. The van der Waals surface area contributed by atoms with Gasteiger partial charge >= 0.3 is 0 Å². The van der Waals surface area contributed by atoms with Crippen LogP contribution in [0.3, 0.4) is 0 Å². The van der Waals surface area contributed by atoms with E-state index in [2.05, 4.69) is 29.6 Å². The molecule has 2 heterocycles. The minimum atomic E-state index is -0.561. The van der Waals surface area contributed by atoms with E-state index in [1.165, 1.54) is 30.5 Å². The van der Waals surface area contributed by atoms with Gasteiger partial charge in [0.05, 0.1) is 11.3 Å². The smallest absolute Gasteiger partial charge is 0.274 e. The van der Waals surface area contributed by atoms with Crippen molar-refractivity contribution in [3.05, 3.63) is 75.8 Å². The summed E-state index contributed by atoms with van der Waals surface area (Å²) < 4.78 is 16.3. The van der Waals surface area contributed by atoms with E-state index in [9.17, 15) is 9.18 Å². The van der Waals surface area contributed by atoms with Crippen LogP contribution in [0.25, 0.3) is 22.4 Å². The van der Waals surface area contributed by atoms with E-state index in [4.69, 9.17) is 5.26 Å². The molecule has 0 bridgehead atoms. The molecule has 1 aromatic heterocycles. The third kappa shape index (κ3) is 3.94. The van der Waals surface area contributed by atoms with Crippen LogP contribution in [0.4, 0.5) is 10.1 Å². The Morgan fingerprint density at radius 2 is 1.82 bits per heavy atom. The first-order valence-electron chi connectivity index (χ1n) is 11.5. The molecule has 0 amide bonds. The molecule has 5 nitrogen and oxygen atoms in total. The molecule has 2 aromatic carbocycles. The Labute approximate surface area is 193 Å². The number of halogens is 1. The van der Waals surface area contributed by atoms with Crippen molar-refractivity contribution in [1.82, 2.24) is 9.88 Å². The molecule has 6 heteroatoms. The summed E-state index contributed by atoms with van der Waals surface area (Å²) in [6, 6.07) is 17.0. The van der Waals surface area contributed by atoms with Gasteiger partial charge in [-0.1, -0.05) is 30.3 Å².